The van der Waals surface area contributed by atoms with Crippen LogP contribution in [0.2, 0.25) is 0 Å². The Morgan fingerprint density at radius 2 is 2.14 bits per heavy atom. The monoisotopic (exact) mass is 324 g/mol. The van der Waals surface area contributed by atoms with Gasteiger partial charge in [-0.05, 0) is 24.2 Å². The fourth-order valence-corrected chi connectivity index (χ4v) is 3.29. The summed E-state index contributed by atoms with van der Waals surface area (Å²) in [5, 5.41) is 16.4. The van der Waals surface area contributed by atoms with E-state index in [-0.39, 0.29) is 5.71 Å². The predicted molar refractivity (Wildman–Crippen MR) is 80.3 cm³/mol. The van der Waals surface area contributed by atoms with E-state index in [0.717, 1.165) is 40.3 Å². The number of nitrogens with zero attached hydrogens (tertiary/aromatic N) is 3. The van der Waals surface area contributed by atoms with Crippen LogP contribution in [0.4, 0.5) is 5.69 Å². The molecule has 0 unspecified atom stereocenters. The fourth-order valence-electron chi connectivity index (χ4n) is 2.61. The molecule has 118 valence electrons. The van der Waals surface area contributed by atoms with E-state index in [1.54, 1.807) is 20.2 Å². The van der Waals surface area contributed by atoms with Crippen LogP contribution in [-0.4, -0.2) is 47.9 Å². The molecule has 22 heavy (non-hydrogen) atoms. The van der Waals surface area contributed by atoms with Crippen molar-refractivity contribution in [3.8, 4) is 0 Å². The topological polar surface area (TPSA) is 86.6 Å². The van der Waals surface area contributed by atoms with E-state index in [1.165, 1.54) is 5.06 Å². The zero-order valence-corrected chi connectivity index (χ0v) is 13.2. The summed E-state index contributed by atoms with van der Waals surface area (Å²) in [6, 6.07) is 1.78. The van der Waals surface area contributed by atoms with Crippen LogP contribution in [0.5, 0.6) is 0 Å². The Morgan fingerprint density at radius 3 is 2.82 bits per heavy atom. The number of anilines is 1. The highest BCUT2D eigenvalue weighted by molar-refractivity contribution is 7.94. The number of hydroxylamine groups is 2. The number of hydrogen-bond donors (Lipinski definition) is 2. The van der Waals surface area contributed by atoms with Gasteiger partial charge in [0.15, 0.2) is 5.71 Å². The summed E-state index contributed by atoms with van der Waals surface area (Å²) in [5.41, 5.74) is 3.41. The van der Waals surface area contributed by atoms with E-state index in [0.29, 0.717) is 12.1 Å². The van der Waals surface area contributed by atoms with E-state index in [4.69, 9.17) is 14.5 Å². The molecule has 3 rings (SSSR count). The number of hydrogen-bond acceptors (Lipinski definition) is 8. The van der Waals surface area contributed by atoms with Crippen molar-refractivity contribution in [2.75, 3.05) is 26.5 Å². The number of oxime groups is 1. The SMILES string of the molecule is CN1Cc2c(SOON(C)C)cc3c(c2C1)NC(=O)/C3=N\O. The van der Waals surface area contributed by atoms with Crippen LogP contribution in [-0.2, 0) is 27.2 Å². The van der Waals surface area contributed by atoms with Crippen LogP contribution in [0.15, 0.2) is 16.1 Å². The third kappa shape index (κ3) is 2.57. The van der Waals surface area contributed by atoms with Gasteiger partial charge in [-0.2, -0.15) is 5.06 Å². The quantitative estimate of drug-likeness (QED) is 0.372. The zero-order chi connectivity index (χ0) is 15.9. The van der Waals surface area contributed by atoms with E-state index in [9.17, 15) is 4.79 Å². The summed E-state index contributed by atoms with van der Waals surface area (Å²) in [6.45, 7) is 1.46. The van der Waals surface area contributed by atoms with Gasteiger partial charge in [-0.1, -0.05) is 5.16 Å². The fraction of sp³-hybridized carbons (Fsp3) is 0.385. The zero-order valence-electron chi connectivity index (χ0n) is 12.4. The molecule has 1 amide bonds. The van der Waals surface area contributed by atoms with Gasteiger partial charge in [-0.3, -0.25) is 9.69 Å². The molecule has 2 aliphatic heterocycles. The van der Waals surface area contributed by atoms with E-state index in [2.05, 4.69) is 15.4 Å². The molecule has 0 saturated heterocycles. The number of rotatable bonds is 4. The standard InChI is InChI=1S/C13H16N4O4S/c1-16(2)20-21-22-10-4-7-11(14-13(18)12(7)15-19)9-6-17(3)5-8(9)10/h4,19H,5-6H2,1-3H3,(H,14,15,18). The molecule has 1 aromatic carbocycles. The van der Waals surface area contributed by atoms with Crippen LogP contribution >= 0.6 is 12.0 Å². The molecule has 2 heterocycles. The lowest BCUT2D eigenvalue weighted by molar-refractivity contribution is -0.340. The molecule has 0 spiro atoms. The second-order valence-electron chi connectivity index (χ2n) is 5.37. The molecule has 1 aromatic rings. The van der Waals surface area contributed by atoms with Crippen molar-refractivity contribution >= 4 is 29.3 Å². The van der Waals surface area contributed by atoms with Crippen molar-refractivity contribution in [2.24, 2.45) is 5.16 Å². The van der Waals surface area contributed by atoms with Crippen molar-refractivity contribution < 1.29 is 19.3 Å². The highest BCUT2D eigenvalue weighted by Crippen LogP contribution is 2.41. The Morgan fingerprint density at radius 1 is 1.41 bits per heavy atom. The molecule has 0 aromatic heterocycles. The van der Waals surface area contributed by atoms with E-state index >= 15 is 0 Å². The maximum atomic E-state index is 11.9. The number of amides is 1. The van der Waals surface area contributed by atoms with Crippen molar-refractivity contribution in [3.63, 3.8) is 0 Å². The van der Waals surface area contributed by atoms with Crippen LogP contribution < -0.4 is 5.32 Å². The van der Waals surface area contributed by atoms with Crippen LogP contribution in [0.3, 0.4) is 0 Å². The Balaban J connectivity index is 2.00. The summed E-state index contributed by atoms with van der Waals surface area (Å²) >= 11 is 1.07. The van der Waals surface area contributed by atoms with Crippen LogP contribution in [0.1, 0.15) is 16.7 Å². The number of carbonyl (C=O) groups excluding carboxylic acids is 1. The van der Waals surface area contributed by atoms with Crippen molar-refractivity contribution in [2.45, 2.75) is 18.0 Å². The Hall–Kier alpha value is -1.65. The van der Waals surface area contributed by atoms with Gasteiger partial charge in [0.05, 0.1) is 17.7 Å². The van der Waals surface area contributed by atoms with Gasteiger partial charge in [0, 0.05) is 37.6 Å². The summed E-state index contributed by atoms with van der Waals surface area (Å²) in [7, 11) is 5.41. The van der Waals surface area contributed by atoms with Gasteiger partial charge in [-0.25, -0.2) is 0 Å². The minimum Gasteiger partial charge on any atom is -0.410 e. The first-order chi connectivity index (χ1) is 10.5. The summed E-state index contributed by atoms with van der Waals surface area (Å²) in [4.78, 5) is 19.8. The second kappa shape index (κ2) is 5.86. The minimum absolute atomic E-state index is 0.0164. The molecule has 0 bridgehead atoms. The minimum atomic E-state index is -0.401. The van der Waals surface area contributed by atoms with Crippen molar-refractivity contribution in [3.05, 3.63) is 22.8 Å². The average molecular weight is 324 g/mol. The lowest BCUT2D eigenvalue weighted by Gasteiger charge is -2.12. The Bertz CT molecular complexity index is 662. The highest BCUT2D eigenvalue weighted by Gasteiger charge is 2.34. The van der Waals surface area contributed by atoms with Gasteiger partial charge in [-0.15, -0.1) is 9.32 Å². The maximum absolute atomic E-state index is 11.9. The molecule has 0 fully saturated rings. The molecule has 9 heteroatoms. The van der Waals surface area contributed by atoms with E-state index in [1.807, 2.05) is 7.05 Å². The maximum Gasteiger partial charge on any atom is 0.278 e. The summed E-state index contributed by atoms with van der Waals surface area (Å²) < 4.78 is 5.11. The number of nitrogens with one attached hydrogen (secondary N) is 1. The molecule has 8 nitrogen and oxygen atoms in total. The first-order valence-electron chi connectivity index (χ1n) is 6.61. The van der Waals surface area contributed by atoms with Crippen LogP contribution in [0.25, 0.3) is 0 Å². The van der Waals surface area contributed by atoms with Gasteiger partial charge in [0.25, 0.3) is 5.91 Å². The summed E-state index contributed by atoms with van der Waals surface area (Å²) in [6.07, 6.45) is 0. The third-order valence-electron chi connectivity index (χ3n) is 3.48. The van der Waals surface area contributed by atoms with Crippen molar-refractivity contribution in [1.29, 1.82) is 0 Å². The molecule has 0 saturated carbocycles. The second-order valence-corrected chi connectivity index (χ2v) is 6.11. The first kappa shape index (κ1) is 15.3. The molecular weight excluding hydrogens is 308 g/mol. The summed E-state index contributed by atoms with van der Waals surface area (Å²) in [5.74, 6) is -0.401. The molecule has 0 aliphatic carbocycles. The normalized spacial score (nSPS) is 18.9. The average Bonchev–Trinajstić information content (AvgIpc) is 2.97. The highest BCUT2D eigenvalue weighted by atomic mass is 32.2. The van der Waals surface area contributed by atoms with Crippen LogP contribution in [0, 0.1) is 0 Å². The Kier molecular flexibility index (Phi) is 4.06. The lowest BCUT2D eigenvalue weighted by atomic mass is 10.0. The molecule has 0 radical (unpaired) electrons. The third-order valence-corrected chi connectivity index (χ3v) is 4.15. The molecule has 2 N–H and O–H groups in total. The number of benzene rings is 1. The molecule has 2 aliphatic rings. The predicted octanol–water partition coefficient (Wildman–Crippen LogP) is 1.19. The number of fused-ring (bicyclic) bond motifs is 3. The largest absolute Gasteiger partial charge is 0.410 e. The smallest absolute Gasteiger partial charge is 0.278 e. The Labute approximate surface area is 131 Å². The van der Waals surface area contributed by atoms with Gasteiger partial charge in [0.2, 0.25) is 0 Å². The van der Waals surface area contributed by atoms with Crippen molar-refractivity contribution in [1.82, 2.24) is 9.96 Å². The van der Waals surface area contributed by atoms with E-state index < -0.39 is 5.91 Å². The van der Waals surface area contributed by atoms with Gasteiger partial charge in [0.1, 0.15) is 0 Å². The number of carbonyl (C=O) groups is 1. The molecule has 0 atom stereocenters. The first-order valence-corrected chi connectivity index (χ1v) is 7.35. The molecular formula is C13H16N4O4S. The van der Waals surface area contributed by atoms with Gasteiger partial charge >= 0.3 is 0 Å². The lowest BCUT2D eigenvalue weighted by Crippen LogP contribution is -2.14. The van der Waals surface area contributed by atoms with Gasteiger partial charge < -0.3 is 10.5 Å².